The largest absolute Gasteiger partial charge is 0.335 e. The van der Waals surface area contributed by atoms with Crippen molar-refractivity contribution in [2.45, 2.75) is 23.5 Å². The van der Waals surface area contributed by atoms with E-state index in [-0.39, 0.29) is 17.7 Å². The number of nitrogens with one attached hydrogen (secondary N) is 1. The van der Waals surface area contributed by atoms with Gasteiger partial charge in [-0.3, -0.25) is 9.59 Å². The highest BCUT2D eigenvalue weighted by Crippen LogP contribution is 2.38. The fourth-order valence-electron chi connectivity index (χ4n) is 2.82. The Hall–Kier alpha value is -2.48. The van der Waals surface area contributed by atoms with Crippen LogP contribution in [0.4, 0.5) is 18.9 Å². The van der Waals surface area contributed by atoms with E-state index in [0.29, 0.717) is 6.42 Å². The lowest BCUT2D eigenvalue weighted by atomic mass is 10.1. The van der Waals surface area contributed by atoms with Gasteiger partial charge in [0.25, 0.3) is 0 Å². The Bertz CT molecular complexity index is 920. The lowest BCUT2D eigenvalue weighted by molar-refractivity contribution is -0.132. The third kappa shape index (κ3) is 4.10. The summed E-state index contributed by atoms with van der Waals surface area (Å²) in [6.07, 6.45) is 0.572. The minimum atomic E-state index is -1.66. The average molecular weight is 394 g/mol. The summed E-state index contributed by atoms with van der Waals surface area (Å²) in [4.78, 5) is 26.9. The Balaban J connectivity index is 1.60. The van der Waals surface area contributed by atoms with Gasteiger partial charge >= 0.3 is 0 Å². The summed E-state index contributed by atoms with van der Waals surface area (Å²) in [6.45, 7) is 1.65. The zero-order valence-corrected chi connectivity index (χ0v) is 15.5. The molecule has 1 aliphatic heterocycles. The number of amides is 2. The molecule has 1 heterocycles. The van der Waals surface area contributed by atoms with Crippen molar-refractivity contribution in [2.24, 2.45) is 0 Å². The van der Waals surface area contributed by atoms with Gasteiger partial charge in [-0.25, -0.2) is 13.2 Å². The van der Waals surface area contributed by atoms with Crippen LogP contribution >= 0.6 is 11.8 Å². The average Bonchev–Trinajstić information content (AvgIpc) is 3.04. The molecule has 0 radical (unpaired) electrons. The molecule has 0 fully saturated rings. The van der Waals surface area contributed by atoms with Gasteiger partial charge < -0.3 is 10.2 Å². The maximum atomic E-state index is 13.6. The Morgan fingerprint density at radius 3 is 2.67 bits per heavy atom. The number of carbonyl (C=O) groups excluding carboxylic acids is 2. The van der Waals surface area contributed by atoms with E-state index < -0.39 is 29.0 Å². The standard InChI is InChI=1S/C19H17F3N2O2S/c1-10-3-4-11-8-15(27-14(11)7-10)19(26)24(2)9-16(25)23-13-6-5-12(20)17(21)18(13)22/h3-7,15H,8-9H2,1-2H3,(H,23,25)/t15-/m1/s1. The van der Waals surface area contributed by atoms with E-state index in [2.05, 4.69) is 5.32 Å². The van der Waals surface area contributed by atoms with Gasteiger partial charge in [-0.05, 0) is 37.1 Å². The number of likely N-dealkylation sites (N-methyl/N-ethyl adjacent to an activating group) is 1. The first-order valence-electron chi connectivity index (χ1n) is 8.20. The molecule has 1 N–H and O–H groups in total. The fourth-order valence-corrected chi connectivity index (χ4v) is 4.23. The molecular weight excluding hydrogens is 377 g/mol. The first kappa shape index (κ1) is 19.3. The van der Waals surface area contributed by atoms with Crippen LogP contribution in [0, 0.1) is 24.4 Å². The SMILES string of the molecule is Cc1ccc2c(c1)S[C@@H](C(=O)N(C)CC(=O)Nc1ccc(F)c(F)c1F)C2. The summed E-state index contributed by atoms with van der Waals surface area (Å²) in [6, 6.07) is 7.64. The Labute approximate surface area is 158 Å². The van der Waals surface area contributed by atoms with Gasteiger partial charge in [0, 0.05) is 11.9 Å². The van der Waals surface area contributed by atoms with Gasteiger partial charge in [0.15, 0.2) is 17.5 Å². The number of aryl methyl sites for hydroxylation is 1. The Morgan fingerprint density at radius 2 is 1.93 bits per heavy atom. The molecule has 0 bridgehead atoms. The quantitative estimate of drug-likeness (QED) is 0.808. The van der Waals surface area contributed by atoms with Crippen LogP contribution in [0.25, 0.3) is 0 Å². The molecule has 4 nitrogen and oxygen atoms in total. The highest BCUT2D eigenvalue weighted by molar-refractivity contribution is 8.01. The number of nitrogens with zero attached hydrogens (tertiary/aromatic N) is 1. The zero-order valence-electron chi connectivity index (χ0n) is 14.7. The van der Waals surface area contributed by atoms with E-state index in [1.54, 1.807) is 0 Å². The normalized spacial score (nSPS) is 15.4. The van der Waals surface area contributed by atoms with Crippen molar-refractivity contribution in [1.29, 1.82) is 0 Å². The molecule has 2 amide bonds. The lowest BCUT2D eigenvalue weighted by Crippen LogP contribution is -2.39. The molecule has 0 saturated heterocycles. The molecule has 2 aromatic rings. The molecule has 27 heavy (non-hydrogen) atoms. The highest BCUT2D eigenvalue weighted by Gasteiger charge is 2.31. The van der Waals surface area contributed by atoms with Gasteiger partial charge in [0.1, 0.15) is 0 Å². The maximum absolute atomic E-state index is 13.6. The maximum Gasteiger partial charge on any atom is 0.244 e. The summed E-state index contributed by atoms with van der Waals surface area (Å²) in [5.74, 6) is -5.41. The van der Waals surface area contributed by atoms with Crippen LogP contribution in [-0.2, 0) is 16.0 Å². The molecule has 1 aliphatic rings. The number of fused-ring (bicyclic) bond motifs is 1. The van der Waals surface area contributed by atoms with Crippen molar-refractivity contribution in [3.05, 3.63) is 58.9 Å². The van der Waals surface area contributed by atoms with Crippen molar-refractivity contribution in [3.8, 4) is 0 Å². The minimum Gasteiger partial charge on any atom is -0.335 e. The van der Waals surface area contributed by atoms with Crippen molar-refractivity contribution >= 4 is 29.3 Å². The third-order valence-corrected chi connectivity index (χ3v) is 5.53. The molecule has 2 aromatic carbocycles. The topological polar surface area (TPSA) is 49.4 Å². The number of hydrogen-bond acceptors (Lipinski definition) is 3. The zero-order chi connectivity index (χ0) is 19.7. The molecule has 8 heteroatoms. The summed E-state index contributed by atoms with van der Waals surface area (Å²) in [5, 5.41) is 1.82. The molecule has 0 saturated carbocycles. The first-order valence-corrected chi connectivity index (χ1v) is 9.08. The van der Waals surface area contributed by atoms with Crippen LogP contribution in [0.5, 0.6) is 0 Å². The monoisotopic (exact) mass is 394 g/mol. The van der Waals surface area contributed by atoms with E-state index in [0.717, 1.165) is 28.2 Å². The van der Waals surface area contributed by atoms with Crippen molar-refractivity contribution in [1.82, 2.24) is 4.90 Å². The second-order valence-corrected chi connectivity index (χ2v) is 7.63. The smallest absolute Gasteiger partial charge is 0.244 e. The van der Waals surface area contributed by atoms with Crippen molar-refractivity contribution < 1.29 is 22.8 Å². The molecule has 1 atom stereocenters. The van der Waals surface area contributed by atoms with Gasteiger partial charge in [0.05, 0.1) is 17.5 Å². The van der Waals surface area contributed by atoms with Crippen LogP contribution in [-0.4, -0.2) is 35.6 Å². The summed E-state index contributed by atoms with van der Waals surface area (Å²) in [5.41, 5.74) is 1.72. The second kappa shape index (κ2) is 7.64. The number of hydrogen-bond donors (Lipinski definition) is 1. The molecule has 3 rings (SSSR count). The summed E-state index contributed by atoms with van der Waals surface area (Å²) < 4.78 is 39.8. The van der Waals surface area contributed by atoms with E-state index in [4.69, 9.17) is 0 Å². The van der Waals surface area contributed by atoms with Crippen LogP contribution in [0.2, 0.25) is 0 Å². The Morgan fingerprint density at radius 1 is 1.19 bits per heavy atom. The van der Waals surface area contributed by atoms with Gasteiger partial charge in [0.2, 0.25) is 11.8 Å². The first-order chi connectivity index (χ1) is 12.8. The lowest BCUT2D eigenvalue weighted by Gasteiger charge is -2.20. The van der Waals surface area contributed by atoms with E-state index in [9.17, 15) is 22.8 Å². The van der Waals surface area contributed by atoms with Crippen molar-refractivity contribution in [2.75, 3.05) is 18.9 Å². The highest BCUT2D eigenvalue weighted by atomic mass is 32.2. The third-order valence-electron chi connectivity index (χ3n) is 4.24. The number of carbonyl (C=O) groups is 2. The van der Waals surface area contributed by atoms with Crippen LogP contribution in [0.15, 0.2) is 35.2 Å². The molecular formula is C19H17F3N2O2S. The molecule has 0 unspecified atom stereocenters. The van der Waals surface area contributed by atoms with Gasteiger partial charge in [-0.1, -0.05) is 17.7 Å². The summed E-state index contributed by atoms with van der Waals surface area (Å²) in [7, 11) is 1.47. The number of halogens is 3. The van der Waals surface area contributed by atoms with Gasteiger partial charge in [-0.2, -0.15) is 0 Å². The predicted molar refractivity (Wildman–Crippen MR) is 97.1 cm³/mol. The van der Waals surface area contributed by atoms with Gasteiger partial charge in [-0.15, -0.1) is 11.8 Å². The molecule has 142 valence electrons. The molecule has 0 aliphatic carbocycles. The van der Waals surface area contributed by atoms with Crippen LogP contribution < -0.4 is 5.32 Å². The van der Waals surface area contributed by atoms with E-state index in [1.807, 2.05) is 25.1 Å². The molecule has 0 spiro atoms. The second-order valence-electron chi connectivity index (χ2n) is 6.39. The minimum absolute atomic E-state index is 0.227. The number of thioether (sulfide) groups is 1. The van der Waals surface area contributed by atoms with Crippen LogP contribution in [0.1, 0.15) is 11.1 Å². The molecule has 0 aromatic heterocycles. The fraction of sp³-hybridized carbons (Fsp3) is 0.263. The van der Waals surface area contributed by atoms with Crippen LogP contribution in [0.3, 0.4) is 0 Å². The van der Waals surface area contributed by atoms with E-state index >= 15 is 0 Å². The van der Waals surface area contributed by atoms with E-state index in [1.165, 1.54) is 23.7 Å². The number of anilines is 1. The summed E-state index contributed by atoms with van der Waals surface area (Å²) >= 11 is 1.45. The number of rotatable bonds is 4. The predicted octanol–water partition coefficient (Wildman–Crippen LogP) is 3.53. The Kier molecular flexibility index (Phi) is 5.46. The number of benzene rings is 2. The van der Waals surface area contributed by atoms with Crippen molar-refractivity contribution in [3.63, 3.8) is 0 Å².